The van der Waals surface area contributed by atoms with Gasteiger partial charge in [-0.25, -0.2) is 0 Å². The summed E-state index contributed by atoms with van der Waals surface area (Å²) < 4.78 is 6.38. The molecule has 1 atom stereocenters. The number of hydrogen-bond acceptors (Lipinski definition) is 4. The summed E-state index contributed by atoms with van der Waals surface area (Å²) in [6, 6.07) is 5.60. The van der Waals surface area contributed by atoms with Gasteiger partial charge in [0.1, 0.15) is 0 Å². The second-order valence-corrected chi connectivity index (χ2v) is 5.43. The Morgan fingerprint density at radius 1 is 1.63 bits per heavy atom. The summed E-state index contributed by atoms with van der Waals surface area (Å²) in [6.07, 6.45) is 0.124. The first-order valence-electron chi connectivity index (χ1n) is 6.21. The molecular weight excluding hydrogens is 310 g/mol. The number of ether oxygens (including phenoxy) is 1. The molecule has 1 saturated heterocycles. The summed E-state index contributed by atoms with van der Waals surface area (Å²) in [6.45, 7) is 3.15. The van der Waals surface area contributed by atoms with E-state index >= 15 is 0 Å². The lowest BCUT2D eigenvalue weighted by Crippen LogP contribution is -2.44. The van der Waals surface area contributed by atoms with Crippen molar-refractivity contribution in [1.82, 2.24) is 5.32 Å². The molecule has 1 heterocycles. The third-order valence-corrected chi connectivity index (χ3v) is 3.79. The average Bonchev–Trinajstić information content (AvgIpc) is 2.39. The number of likely N-dealkylation sites (N-methyl/N-ethyl adjacent to an activating group) is 1. The van der Waals surface area contributed by atoms with Crippen LogP contribution in [0.15, 0.2) is 22.7 Å². The molecule has 3 N–H and O–H groups in total. The van der Waals surface area contributed by atoms with Crippen LogP contribution >= 0.6 is 15.9 Å². The predicted octanol–water partition coefficient (Wildman–Crippen LogP) is 0.973. The number of benzene rings is 1. The lowest BCUT2D eigenvalue weighted by molar-refractivity contribution is 0.0340. The average molecular weight is 328 g/mol. The molecule has 1 fully saturated rings. The number of rotatable bonds is 4. The van der Waals surface area contributed by atoms with Crippen LogP contribution in [0.1, 0.15) is 10.4 Å². The molecule has 1 aromatic carbocycles. The molecule has 104 valence electrons. The Balaban J connectivity index is 2.16. The minimum atomic E-state index is -0.433. The number of hydrogen-bond donors (Lipinski definition) is 2. The molecule has 6 heteroatoms. The van der Waals surface area contributed by atoms with Crippen LogP contribution in [0, 0.1) is 0 Å². The van der Waals surface area contributed by atoms with Crippen LogP contribution in [0.5, 0.6) is 0 Å². The van der Waals surface area contributed by atoms with E-state index in [0.29, 0.717) is 16.6 Å². The third-order valence-electron chi connectivity index (χ3n) is 3.13. The maximum atomic E-state index is 11.6. The molecule has 1 aliphatic rings. The molecule has 5 nitrogen and oxygen atoms in total. The van der Waals surface area contributed by atoms with Crippen molar-refractivity contribution in [1.29, 1.82) is 0 Å². The van der Waals surface area contributed by atoms with E-state index in [9.17, 15) is 4.79 Å². The second kappa shape index (κ2) is 6.36. The van der Waals surface area contributed by atoms with Gasteiger partial charge in [0, 0.05) is 31.2 Å². The van der Waals surface area contributed by atoms with Gasteiger partial charge in [0.15, 0.2) is 0 Å². The summed E-state index contributed by atoms with van der Waals surface area (Å²) in [5.74, 6) is -0.433. The Labute approximate surface area is 121 Å². The van der Waals surface area contributed by atoms with Gasteiger partial charge >= 0.3 is 0 Å². The molecule has 1 aromatic rings. The zero-order valence-electron chi connectivity index (χ0n) is 10.9. The van der Waals surface area contributed by atoms with Gasteiger partial charge in [-0.1, -0.05) is 6.07 Å². The monoisotopic (exact) mass is 327 g/mol. The Hall–Kier alpha value is -1.11. The molecule has 1 aliphatic heterocycles. The lowest BCUT2D eigenvalue weighted by atomic mass is 10.1. The fraction of sp³-hybridized carbons (Fsp3) is 0.462. The van der Waals surface area contributed by atoms with Gasteiger partial charge in [-0.3, -0.25) is 4.79 Å². The maximum Gasteiger partial charge on any atom is 0.251 e. The molecule has 0 spiro atoms. The summed E-state index contributed by atoms with van der Waals surface area (Å²) in [5.41, 5.74) is 6.77. The molecule has 19 heavy (non-hydrogen) atoms. The van der Waals surface area contributed by atoms with Gasteiger partial charge in [0.25, 0.3) is 5.91 Å². The molecule has 1 unspecified atom stereocenters. The van der Waals surface area contributed by atoms with E-state index in [1.165, 1.54) is 0 Å². The standard InChI is InChI=1S/C13H18BrN3O2/c1-17(8-9-7-16-5-6-19-9)11-4-2-3-10(14)12(11)13(15)18/h2-4,9,16H,5-8H2,1H3,(H2,15,18). The van der Waals surface area contributed by atoms with Crippen molar-refractivity contribution in [2.24, 2.45) is 5.73 Å². The van der Waals surface area contributed by atoms with E-state index in [1.54, 1.807) is 0 Å². The molecular formula is C13H18BrN3O2. The normalized spacial score (nSPS) is 19.2. The quantitative estimate of drug-likeness (QED) is 0.864. The number of amides is 1. The SMILES string of the molecule is CN(CC1CNCCO1)c1cccc(Br)c1C(N)=O. The number of primary amides is 1. The molecule has 0 bridgehead atoms. The predicted molar refractivity (Wildman–Crippen MR) is 78.5 cm³/mol. The smallest absolute Gasteiger partial charge is 0.251 e. The zero-order valence-corrected chi connectivity index (χ0v) is 12.4. The fourth-order valence-corrected chi connectivity index (χ4v) is 2.77. The topological polar surface area (TPSA) is 67.6 Å². The van der Waals surface area contributed by atoms with Gasteiger partial charge in [-0.05, 0) is 28.1 Å². The number of nitrogens with zero attached hydrogens (tertiary/aromatic N) is 1. The van der Waals surface area contributed by atoms with E-state index < -0.39 is 5.91 Å². The zero-order chi connectivity index (χ0) is 13.8. The van der Waals surface area contributed by atoms with Crippen LogP contribution in [-0.4, -0.2) is 45.3 Å². The van der Waals surface area contributed by atoms with Crippen LogP contribution in [0.3, 0.4) is 0 Å². The van der Waals surface area contributed by atoms with Crippen LogP contribution in [0.25, 0.3) is 0 Å². The highest BCUT2D eigenvalue weighted by Crippen LogP contribution is 2.27. The Bertz CT molecular complexity index is 461. The summed E-state index contributed by atoms with van der Waals surface area (Å²) in [7, 11) is 1.94. The Morgan fingerprint density at radius 2 is 2.42 bits per heavy atom. The largest absolute Gasteiger partial charge is 0.374 e. The minimum Gasteiger partial charge on any atom is -0.374 e. The summed E-state index contributed by atoms with van der Waals surface area (Å²) in [5, 5.41) is 3.29. The van der Waals surface area contributed by atoms with Crippen LogP contribution < -0.4 is 16.0 Å². The highest BCUT2D eigenvalue weighted by molar-refractivity contribution is 9.10. The van der Waals surface area contributed by atoms with Crippen LogP contribution in [0.2, 0.25) is 0 Å². The van der Waals surface area contributed by atoms with Crippen LogP contribution in [0.4, 0.5) is 5.69 Å². The van der Waals surface area contributed by atoms with E-state index in [0.717, 1.165) is 25.4 Å². The van der Waals surface area contributed by atoms with E-state index in [1.807, 2.05) is 30.1 Å². The first kappa shape index (κ1) is 14.3. The first-order chi connectivity index (χ1) is 9.09. The fourth-order valence-electron chi connectivity index (χ4n) is 2.22. The van der Waals surface area contributed by atoms with Crippen molar-refractivity contribution < 1.29 is 9.53 Å². The number of nitrogens with one attached hydrogen (secondary N) is 1. The van der Waals surface area contributed by atoms with Crippen LogP contribution in [-0.2, 0) is 4.74 Å². The number of halogens is 1. The summed E-state index contributed by atoms with van der Waals surface area (Å²) in [4.78, 5) is 13.6. The Morgan fingerprint density at radius 3 is 3.05 bits per heavy atom. The second-order valence-electron chi connectivity index (χ2n) is 4.58. The molecule has 0 aromatic heterocycles. The minimum absolute atomic E-state index is 0.124. The van der Waals surface area contributed by atoms with E-state index in [4.69, 9.17) is 10.5 Å². The third kappa shape index (κ3) is 3.46. The van der Waals surface area contributed by atoms with E-state index in [-0.39, 0.29) is 6.10 Å². The highest BCUT2D eigenvalue weighted by Gasteiger charge is 2.20. The first-order valence-corrected chi connectivity index (χ1v) is 7.00. The van der Waals surface area contributed by atoms with Gasteiger partial charge in [-0.15, -0.1) is 0 Å². The van der Waals surface area contributed by atoms with Crippen molar-refractivity contribution in [3.8, 4) is 0 Å². The number of morpholine rings is 1. The number of carbonyl (C=O) groups is 1. The lowest BCUT2D eigenvalue weighted by Gasteiger charge is -2.30. The van der Waals surface area contributed by atoms with Crippen molar-refractivity contribution in [2.75, 3.05) is 38.2 Å². The van der Waals surface area contributed by atoms with Crippen molar-refractivity contribution in [3.05, 3.63) is 28.2 Å². The molecule has 0 radical (unpaired) electrons. The van der Waals surface area contributed by atoms with Gasteiger partial charge in [-0.2, -0.15) is 0 Å². The summed E-state index contributed by atoms with van der Waals surface area (Å²) >= 11 is 3.37. The van der Waals surface area contributed by atoms with Gasteiger partial charge in [0.05, 0.1) is 24.0 Å². The maximum absolute atomic E-state index is 11.6. The number of anilines is 1. The number of carbonyl (C=O) groups excluding carboxylic acids is 1. The number of nitrogens with two attached hydrogens (primary N) is 1. The van der Waals surface area contributed by atoms with Crippen molar-refractivity contribution in [3.63, 3.8) is 0 Å². The van der Waals surface area contributed by atoms with Crippen molar-refractivity contribution in [2.45, 2.75) is 6.10 Å². The highest BCUT2D eigenvalue weighted by atomic mass is 79.9. The molecule has 2 rings (SSSR count). The van der Waals surface area contributed by atoms with Gasteiger partial charge in [0.2, 0.25) is 0 Å². The van der Waals surface area contributed by atoms with E-state index in [2.05, 4.69) is 21.2 Å². The Kier molecular flexibility index (Phi) is 4.79. The molecule has 0 saturated carbocycles. The van der Waals surface area contributed by atoms with Gasteiger partial charge < -0.3 is 20.7 Å². The van der Waals surface area contributed by atoms with Crippen molar-refractivity contribution >= 4 is 27.5 Å². The molecule has 1 amide bonds. The molecule has 0 aliphatic carbocycles.